The van der Waals surface area contributed by atoms with Crippen LogP contribution in [0.25, 0.3) is 0 Å². The summed E-state index contributed by atoms with van der Waals surface area (Å²) in [5, 5.41) is 7.35. The Morgan fingerprint density at radius 1 is 0.971 bits per heavy atom. The first-order chi connectivity index (χ1) is 16.5. The summed E-state index contributed by atoms with van der Waals surface area (Å²) in [5.41, 5.74) is 5.84. The first kappa shape index (κ1) is 25.9. The van der Waals surface area contributed by atoms with E-state index in [2.05, 4.69) is 15.8 Å². The summed E-state index contributed by atoms with van der Waals surface area (Å²) >= 11 is 5.95. The molecule has 35 heavy (non-hydrogen) atoms. The minimum absolute atomic E-state index is 0.315. The Morgan fingerprint density at radius 2 is 1.63 bits per heavy atom. The molecule has 10 heteroatoms. The number of hydrogen-bond acceptors (Lipinski definition) is 5. The van der Waals surface area contributed by atoms with E-state index in [0.29, 0.717) is 33.2 Å². The Balaban J connectivity index is 1.68. The van der Waals surface area contributed by atoms with Gasteiger partial charge in [0, 0.05) is 16.3 Å². The number of rotatable bonds is 8. The number of halogens is 1. The van der Waals surface area contributed by atoms with Crippen LogP contribution in [0.2, 0.25) is 5.02 Å². The first-order valence-corrected chi connectivity index (χ1v) is 12.8. The van der Waals surface area contributed by atoms with E-state index in [0.717, 1.165) is 16.1 Å². The lowest BCUT2D eigenvalue weighted by atomic mass is 10.1. The van der Waals surface area contributed by atoms with Crippen LogP contribution in [0, 0.1) is 6.92 Å². The van der Waals surface area contributed by atoms with Gasteiger partial charge in [-0.2, -0.15) is 5.10 Å². The third-order valence-corrected chi connectivity index (χ3v) is 6.36. The molecule has 0 heterocycles. The number of hydrogen-bond donors (Lipinski definition) is 2. The summed E-state index contributed by atoms with van der Waals surface area (Å²) in [6, 6.07) is 20.4. The molecular formula is C25H25ClN4O4S. The molecule has 0 aromatic heterocycles. The van der Waals surface area contributed by atoms with Crippen molar-refractivity contribution in [2.45, 2.75) is 13.8 Å². The second-order valence-electron chi connectivity index (χ2n) is 7.88. The van der Waals surface area contributed by atoms with E-state index in [-0.39, 0.29) is 5.91 Å². The molecule has 0 aliphatic rings. The van der Waals surface area contributed by atoms with Crippen molar-refractivity contribution >= 4 is 50.5 Å². The molecule has 0 bridgehead atoms. The molecule has 0 atom stereocenters. The number of nitrogens with one attached hydrogen (secondary N) is 2. The number of hydrazone groups is 1. The predicted octanol–water partition coefficient (Wildman–Crippen LogP) is 4.21. The first-order valence-electron chi connectivity index (χ1n) is 10.6. The maximum Gasteiger partial charge on any atom is 0.260 e. The second kappa shape index (κ2) is 11.2. The Kier molecular flexibility index (Phi) is 8.26. The average Bonchev–Trinajstić information content (AvgIpc) is 2.81. The number of amides is 2. The molecule has 0 unspecified atom stereocenters. The van der Waals surface area contributed by atoms with Gasteiger partial charge in [0.2, 0.25) is 10.0 Å². The lowest BCUT2D eigenvalue weighted by Crippen LogP contribution is -2.39. The highest BCUT2D eigenvalue weighted by molar-refractivity contribution is 7.92. The number of carbonyl (C=O) groups excluding carboxylic acids is 2. The van der Waals surface area contributed by atoms with Gasteiger partial charge in [-0.3, -0.25) is 13.9 Å². The summed E-state index contributed by atoms with van der Waals surface area (Å²) in [5.74, 6) is -0.912. The zero-order valence-electron chi connectivity index (χ0n) is 19.4. The summed E-state index contributed by atoms with van der Waals surface area (Å²) in [6.45, 7) is 3.15. The Labute approximate surface area is 209 Å². The second-order valence-corrected chi connectivity index (χ2v) is 10.2. The molecular weight excluding hydrogens is 488 g/mol. The Bertz CT molecular complexity index is 1370. The van der Waals surface area contributed by atoms with Gasteiger partial charge < -0.3 is 5.32 Å². The summed E-state index contributed by atoms with van der Waals surface area (Å²) in [6.07, 6.45) is 1.04. The minimum Gasteiger partial charge on any atom is -0.322 e. The molecule has 2 amide bonds. The maximum atomic E-state index is 12.5. The van der Waals surface area contributed by atoms with E-state index < -0.39 is 22.5 Å². The van der Waals surface area contributed by atoms with Crippen molar-refractivity contribution in [3.63, 3.8) is 0 Å². The van der Waals surface area contributed by atoms with Gasteiger partial charge in [-0.25, -0.2) is 13.8 Å². The number of anilines is 2. The van der Waals surface area contributed by atoms with Gasteiger partial charge in [-0.1, -0.05) is 47.5 Å². The fourth-order valence-corrected chi connectivity index (χ4v) is 4.19. The molecule has 0 fully saturated rings. The predicted molar refractivity (Wildman–Crippen MR) is 140 cm³/mol. The van der Waals surface area contributed by atoms with Gasteiger partial charge in [0.15, 0.2) is 0 Å². The van der Waals surface area contributed by atoms with E-state index in [1.165, 1.54) is 0 Å². The molecule has 0 spiro atoms. The van der Waals surface area contributed by atoms with Crippen molar-refractivity contribution in [1.82, 2.24) is 5.43 Å². The summed E-state index contributed by atoms with van der Waals surface area (Å²) in [7, 11) is -3.68. The molecule has 8 nitrogen and oxygen atoms in total. The maximum absolute atomic E-state index is 12.5. The van der Waals surface area contributed by atoms with E-state index in [1.54, 1.807) is 79.7 Å². The molecule has 182 valence electrons. The highest BCUT2D eigenvalue weighted by atomic mass is 35.5. The van der Waals surface area contributed by atoms with Crippen LogP contribution in [0.1, 0.15) is 28.4 Å². The van der Waals surface area contributed by atoms with E-state index in [1.807, 2.05) is 6.92 Å². The van der Waals surface area contributed by atoms with Crippen LogP contribution < -0.4 is 15.0 Å². The number of carbonyl (C=O) groups is 2. The zero-order valence-corrected chi connectivity index (χ0v) is 21.0. The third kappa shape index (κ3) is 7.40. The SMILES string of the molecule is CC(=NNC(=O)CN(c1ccc(C)cc1)S(C)(=O)=O)c1cccc(NC(=O)c2cccc(Cl)c2)c1. The van der Waals surface area contributed by atoms with Crippen molar-refractivity contribution in [2.24, 2.45) is 5.10 Å². The molecule has 0 saturated carbocycles. The van der Waals surface area contributed by atoms with Crippen molar-refractivity contribution in [2.75, 3.05) is 22.4 Å². The standard InChI is InChI=1S/C25H25ClN4O4S/c1-17-10-12-23(13-11-17)30(35(3,33)34)16-24(31)29-28-18(2)19-6-5-9-22(15-19)27-25(32)20-7-4-8-21(26)14-20/h4-15H,16H2,1-3H3,(H,27,32)(H,29,31). The van der Waals surface area contributed by atoms with Crippen molar-refractivity contribution in [3.05, 3.63) is 94.5 Å². The smallest absolute Gasteiger partial charge is 0.260 e. The molecule has 3 rings (SSSR count). The third-order valence-electron chi connectivity index (χ3n) is 4.98. The summed E-state index contributed by atoms with van der Waals surface area (Å²) < 4.78 is 25.5. The molecule has 0 saturated heterocycles. The quantitative estimate of drug-likeness (QED) is 0.348. The van der Waals surface area contributed by atoms with Gasteiger partial charge >= 0.3 is 0 Å². The van der Waals surface area contributed by atoms with Gasteiger partial charge in [0.05, 0.1) is 17.7 Å². The molecule has 3 aromatic carbocycles. The summed E-state index contributed by atoms with van der Waals surface area (Å²) in [4.78, 5) is 25.0. The average molecular weight is 513 g/mol. The van der Waals surface area contributed by atoms with Crippen LogP contribution in [0.3, 0.4) is 0 Å². The van der Waals surface area contributed by atoms with Crippen LogP contribution in [-0.2, 0) is 14.8 Å². The van der Waals surface area contributed by atoms with Gasteiger partial charge in [0.25, 0.3) is 11.8 Å². The van der Waals surface area contributed by atoms with Gasteiger partial charge in [0.1, 0.15) is 6.54 Å². The zero-order chi connectivity index (χ0) is 25.6. The normalized spacial score (nSPS) is 11.6. The molecule has 0 radical (unpaired) electrons. The fourth-order valence-electron chi connectivity index (χ4n) is 3.14. The number of sulfonamides is 1. The minimum atomic E-state index is -3.68. The number of nitrogens with zero attached hydrogens (tertiary/aromatic N) is 2. The lowest BCUT2D eigenvalue weighted by Gasteiger charge is -2.21. The lowest BCUT2D eigenvalue weighted by molar-refractivity contribution is -0.119. The van der Waals surface area contributed by atoms with Crippen molar-refractivity contribution in [1.29, 1.82) is 0 Å². The van der Waals surface area contributed by atoms with Crippen LogP contribution in [-0.4, -0.2) is 38.7 Å². The Hall–Kier alpha value is -3.69. The van der Waals surface area contributed by atoms with Gasteiger partial charge in [-0.15, -0.1) is 0 Å². The highest BCUT2D eigenvalue weighted by Crippen LogP contribution is 2.18. The molecule has 0 aliphatic heterocycles. The van der Waals surface area contributed by atoms with Crippen LogP contribution in [0.15, 0.2) is 77.9 Å². The van der Waals surface area contributed by atoms with Crippen LogP contribution >= 0.6 is 11.6 Å². The van der Waals surface area contributed by atoms with Crippen molar-refractivity contribution in [3.8, 4) is 0 Å². The number of aryl methyl sites for hydroxylation is 1. The molecule has 3 aromatic rings. The van der Waals surface area contributed by atoms with Crippen molar-refractivity contribution < 1.29 is 18.0 Å². The Morgan fingerprint density at radius 3 is 2.29 bits per heavy atom. The monoisotopic (exact) mass is 512 g/mol. The molecule has 0 aliphatic carbocycles. The topological polar surface area (TPSA) is 108 Å². The largest absolute Gasteiger partial charge is 0.322 e. The van der Waals surface area contributed by atoms with E-state index >= 15 is 0 Å². The number of benzene rings is 3. The van der Waals surface area contributed by atoms with Crippen LogP contribution in [0.4, 0.5) is 11.4 Å². The van der Waals surface area contributed by atoms with E-state index in [4.69, 9.17) is 11.6 Å². The molecule has 2 N–H and O–H groups in total. The van der Waals surface area contributed by atoms with Crippen LogP contribution in [0.5, 0.6) is 0 Å². The van der Waals surface area contributed by atoms with E-state index in [9.17, 15) is 18.0 Å². The van der Waals surface area contributed by atoms with Gasteiger partial charge in [-0.05, 0) is 61.9 Å². The fraction of sp³-hybridized carbons (Fsp3) is 0.160. The highest BCUT2D eigenvalue weighted by Gasteiger charge is 2.20.